The van der Waals surface area contributed by atoms with Gasteiger partial charge in [0.2, 0.25) is 0 Å². The minimum Gasteiger partial charge on any atom is -0.508 e. The first-order chi connectivity index (χ1) is 15.0. The number of benzene rings is 1. The lowest BCUT2D eigenvalue weighted by Crippen LogP contribution is -2.45. The Hall–Kier alpha value is -1.51. The summed E-state index contributed by atoms with van der Waals surface area (Å²) < 4.78 is 6.24. The molecule has 0 spiro atoms. The molecular weight excluding hydrogens is 384 g/mol. The predicted octanol–water partition coefficient (Wildman–Crippen LogP) is 6.77. The lowest BCUT2D eigenvalue weighted by atomic mass is 9.55. The zero-order valence-electron chi connectivity index (χ0n) is 19.4. The van der Waals surface area contributed by atoms with Crippen molar-refractivity contribution in [1.29, 1.82) is 0 Å². The maximum atomic E-state index is 12.9. The number of ether oxygens (including phenoxy) is 1. The van der Waals surface area contributed by atoms with Gasteiger partial charge in [-0.3, -0.25) is 4.79 Å². The molecule has 0 heterocycles. The third-order valence-electron chi connectivity index (χ3n) is 9.84. The molecule has 4 aliphatic rings. The second-order valence-corrected chi connectivity index (χ2v) is 11.5. The third-order valence-corrected chi connectivity index (χ3v) is 9.84. The molecule has 3 nitrogen and oxygen atoms in total. The van der Waals surface area contributed by atoms with Crippen molar-refractivity contribution in [3.8, 4) is 5.75 Å². The van der Waals surface area contributed by atoms with Gasteiger partial charge in [0.05, 0.1) is 0 Å². The van der Waals surface area contributed by atoms with E-state index in [0.717, 1.165) is 19.3 Å². The molecule has 31 heavy (non-hydrogen) atoms. The summed E-state index contributed by atoms with van der Waals surface area (Å²) in [5.74, 6) is 3.58. The summed E-state index contributed by atoms with van der Waals surface area (Å²) in [4.78, 5) is 12.9. The average molecular weight is 425 g/mol. The van der Waals surface area contributed by atoms with Crippen molar-refractivity contribution in [2.45, 2.75) is 103 Å². The molecule has 3 saturated carbocycles. The van der Waals surface area contributed by atoms with E-state index in [-0.39, 0.29) is 17.5 Å². The molecule has 0 aliphatic heterocycles. The van der Waals surface area contributed by atoms with Gasteiger partial charge in [0, 0.05) is 11.8 Å². The number of hydrogen-bond donors (Lipinski definition) is 1. The maximum Gasteiger partial charge on any atom is 0.306 e. The molecule has 0 aromatic heterocycles. The molecule has 5 rings (SSSR count). The van der Waals surface area contributed by atoms with Crippen LogP contribution in [0, 0.1) is 29.1 Å². The topological polar surface area (TPSA) is 46.5 Å². The lowest BCUT2D eigenvalue weighted by Gasteiger charge is -2.50. The van der Waals surface area contributed by atoms with Crippen LogP contribution >= 0.6 is 0 Å². The fourth-order valence-corrected chi connectivity index (χ4v) is 8.05. The molecular formula is C28H40O3. The van der Waals surface area contributed by atoms with Gasteiger partial charge in [0.1, 0.15) is 11.9 Å². The van der Waals surface area contributed by atoms with Crippen molar-refractivity contribution < 1.29 is 14.6 Å². The Morgan fingerprint density at radius 3 is 2.74 bits per heavy atom. The molecule has 4 aliphatic carbocycles. The minimum atomic E-state index is 0.0523. The molecule has 3 fully saturated rings. The molecule has 0 amide bonds. The zero-order valence-corrected chi connectivity index (χ0v) is 19.4. The number of phenolic OH excluding ortho intramolecular Hbond substituents is 1. The number of esters is 1. The Labute approximate surface area is 188 Å². The van der Waals surface area contributed by atoms with Crippen LogP contribution in [0.4, 0.5) is 0 Å². The van der Waals surface area contributed by atoms with Gasteiger partial charge in [-0.1, -0.05) is 52.0 Å². The van der Waals surface area contributed by atoms with E-state index in [1.807, 2.05) is 12.1 Å². The third kappa shape index (κ3) is 3.91. The van der Waals surface area contributed by atoms with Crippen LogP contribution in [-0.2, 0) is 16.0 Å². The number of phenols is 1. The number of hydrogen-bond acceptors (Lipinski definition) is 3. The molecule has 0 bridgehead atoms. The van der Waals surface area contributed by atoms with Crippen molar-refractivity contribution in [3.63, 3.8) is 0 Å². The fourth-order valence-electron chi connectivity index (χ4n) is 8.05. The summed E-state index contributed by atoms with van der Waals surface area (Å²) in [6.45, 7) is 4.68. The molecule has 0 radical (unpaired) electrons. The standard InChI is InChI=1S/C28H40O3/c1-18(19-6-4-3-5-7-19)16-27(30)31-26-13-12-25-24-10-8-20-17-21(29)9-11-22(20)23(24)14-15-28(25,26)2/h9,11,17-19,23-26,29H,3-8,10,12-16H2,1-2H3/t18?,23-,24-,25+,26+,28+/m1/s1. The summed E-state index contributed by atoms with van der Waals surface area (Å²) in [5, 5.41) is 9.89. The first-order valence-corrected chi connectivity index (χ1v) is 13.0. The van der Waals surface area contributed by atoms with Crippen LogP contribution < -0.4 is 0 Å². The van der Waals surface area contributed by atoms with Crippen molar-refractivity contribution in [2.24, 2.45) is 29.1 Å². The van der Waals surface area contributed by atoms with E-state index in [2.05, 4.69) is 19.9 Å². The first kappa shape index (κ1) is 21.3. The summed E-state index contributed by atoms with van der Waals surface area (Å²) in [7, 11) is 0. The average Bonchev–Trinajstić information content (AvgIpc) is 3.10. The first-order valence-electron chi connectivity index (χ1n) is 13.0. The zero-order chi connectivity index (χ0) is 21.6. The van der Waals surface area contributed by atoms with Crippen LogP contribution in [-0.4, -0.2) is 17.2 Å². The Kier molecular flexibility index (Phi) is 5.81. The number of carbonyl (C=O) groups excluding carboxylic acids is 1. The van der Waals surface area contributed by atoms with Crippen LogP contribution in [0.25, 0.3) is 0 Å². The van der Waals surface area contributed by atoms with E-state index in [1.165, 1.54) is 62.5 Å². The number of aromatic hydroxyl groups is 1. The highest BCUT2D eigenvalue weighted by molar-refractivity contribution is 5.70. The second kappa shape index (κ2) is 8.45. The van der Waals surface area contributed by atoms with Gasteiger partial charge in [0.15, 0.2) is 0 Å². The maximum absolute atomic E-state index is 12.9. The van der Waals surface area contributed by atoms with Crippen molar-refractivity contribution in [2.75, 3.05) is 0 Å². The highest BCUT2D eigenvalue weighted by atomic mass is 16.5. The van der Waals surface area contributed by atoms with Gasteiger partial charge in [-0.2, -0.15) is 0 Å². The Bertz CT molecular complexity index is 810. The quantitative estimate of drug-likeness (QED) is 0.543. The van der Waals surface area contributed by atoms with Crippen molar-refractivity contribution in [1.82, 2.24) is 0 Å². The lowest BCUT2D eigenvalue weighted by molar-refractivity contribution is -0.159. The van der Waals surface area contributed by atoms with Gasteiger partial charge in [-0.15, -0.1) is 0 Å². The van der Waals surface area contributed by atoms with Crippen molar-refractivity contribution >= 4 is 5.97 Å². The molecule has 6 atom stereocenters. The second-order valence-electron chi connectivity index (χ2n) is 11.5. The Balaban J connectivity index is 1.24. The summed E-state index contributed by atoms with van der Waals surface area (Å²) >= 11 is 0. The molecule has 1 aromatic carbocycles. The minimum absolute atomic E-state index is 0.0523. The number of aryl methyl sites for hydroxylation is 1. The van der Waals surface area contributed by atoms with Crippen LogP contribution in [0.1, 0.15) is 102 Å². The molecule has 1 unspecified atom stereocenters. The van der Waals surface area contributed by atoms with E-state index in [0.29, 0.717) is 41.8 Å². The highest BCUT2D eigenvalue weighted by Crippen LogP contribution is 2.61. The predicted molar refractivity (Wildman–Crippen MR) is 123 cm³/mol. The summed E-state index contributed by atoms with van der Waals surface area (Å²) in [6, 6.07) is 6.01. The van der Waals surface area contributed by atoms with Gasteiger partial charge < -0.3 is 9.84 Å². The molecule has 3 heteroatoms. The largest absolute Gasteiger partial charge is 0.508 e. The van der Waals surface area contributed by atoms with E-state index in [9.17, 15) is 9.90 Å². The van der Waals surface area contributed by atoms with Gasteiger partial charge in [-0.25, -0.2) is 0 Å². The van der Waals surface area contributed by atoms with E-state index in [1.54, 1.807) is 0 Å². The van der Waals surface area contributed by atoms with Gasteiger partial charge in [-0.05, 0) is 91.4 Å². The summed E-state index contributed by atoms with van der Waals surface area (Å²) in [5.41, 5.74) is 2.96. The van der Waals surface area contributed by atoms with Crippen LogP contribution in [0.15, 0.2) is 18.2 Å². The van der Waals surface area contributed by atoms with Gasteiger partial charge in [0.25, 0.3) is 0 Å². The normalized spacial score (nSPS) is 36.2. The fraction of sp³-hybridized carbons (Fsp3) is 0.750. The number of fused-ring (bicyclic) bond motifs is 5. The molecule has 170 valence electrons. The summed E-state index contributed by atoms with van der Waals surface area (Å²) in [6.07, 6.45) is 14.2. The molecule has 0 saturated heterocycles. The smallest absolute Gasteiger partial charge is 0.306 e. The number of carbonyl (C=O) groups is 1. The molecule has 1 N–H and O–H groups in total. The Morgan fingerprint density at radius 2 is 1.94 bits per heavy atom. The van der Waals surface area contributed by atoms with E-state index >= 15 is 0 Å². The number of rotatable bonds is 4. The monoisotopic (exact) mass is 424 g/mol. The van der Waals surface area contributed by atoms with Crippen LogP contribution in [0.2, 0.25) is 0 Å². The van der Waals surface area contributed by atoms with Crippen LogP contribution in [0.5, 0.6) is 5.75 Å². The van der Waals surface area contributed by atoms with Crippen molar-refractivity contribution in [3.05, 3.63) is 29.3 Å². The van der Waals surface area contributed by atoms with E-state index in [4.69, 9.17) is 4.74 Å². The SMILES string of the molecule is CC(CC(=O)O[C@H]1CC[C@H]2[C@@H]3CCc4cc(O)ccc4[C@H]3CC[C@]12C)C1CCCCC1. The van der Waals surface area contributed by atoms with Crippen LogP contribution in [0.3, 0.4) is 0 Å². The highest BCUT2D eigenvalue weighted by Gasteiger charge is 2.56. The molecule has 1 aromatic rings. The van der Waals surface area contributed by atoms with E-state index < -0.39 is 0 Å². The van der Waals surface area contributed by atoms with Gasteiger partial charge >= 0.3 is 5.97 Å². The Morgan fingerprint density at radius 1 is 1.13 bits per heavy atom.